The van der Waals surface area contributed by atoms with E-state index in [1.165, 1.54) is 34.8 Å². The Morgan fingerprint density at radius 2 is 2.17 bits per heavy atom. The van der Waals surface area contributed by atoms with Gasteiger partial charge < -0.3 is 5.32 Å². The minimum absolute atomic E-state index is 0.630. The summed E-state index contributed by atoms with van der Waals surface area (Å²) < 4.78 is 0. The van der Waals surface area contributed by atoms with Gasteiger partial charge in [0.15, 0.2) is 0 Å². The van der Waals surface area contributed by atoms with Gasteiger partial charge in [-0.25, -0.2) is 4.98 Å². The zero-order valence-corrected chi connectivity index (χ0v) is 12.9. The molecule has 1 N–H and O–H groups in total. The van der Waals surface area contributed by atoms with Crippen LogP contribution in [0.25, 0.3) is 0 Å². The zero-order chi connectivity index (χ0) is 13.1. The van der Waals surface area contributed by atoms with Crippen LogP contribution in [-0.2, 0) is 6.42 Å². The fraction of sp³-hybridized carbons (Fsp3) is 0.800. The van der Waals surface area contributed by atoms with Gasteiger partial charge in [0.1, 0.15) is 0 Å². The second-order valence-corrected chi connectivity index (χ2v) is 7.08. The number of nitrogens with one attached hydrogen (secondary N) is 1. The molecular formula is C15H26N2S. The van der Waals surface area contributed by atoms with Gasteiger partial charge >= 0.3 is 0 Å². The molecule has 0 aliphatic heterocycles. The van der Waals surface area contributed by atoms with Crippen LogP contribution in [-0.4, -0.2) is 17.6 Å². The largest absolute Gasteiger partial charge is 0.314 e. The first-order valence-corrected chi connectivity index (χ1v) is 8.08. The Hall–Kier alpha value is -0.410. The van der Waals surface area contributed by atoms with Gasteiger partial charge in [-0.1, -0.05) is 20.3 Å². The molecule has 1 aromatic rings. The molecule has 2 rings (SSSR count). The lowest BCUT2D eigenvalue weighted by molar-refractivity contribution is 0.353. The van der Waals surface area contributed by atoms with E-state index in [-0.39, 0.29) is 0 Å². The third-order valence-corrected chi connectivity index (χ3v) is 5.33. The number of likely N-dealkylation sites (N-methyl/N-ethyl adjacent to an activating group) is 1. The topological polar surface area (TPSA) is 24.9 Å². The summed E-state index contributed by atoms with van der Waals surface area (Å²) >= 11 is 1.88. The number of aromatic nitrogens is 1. The molecule has 0 bridgehead atoms. The third-order valence-electron chi connectivity index (χ3n) is 4.24. The molecule has 0 radical (unpaired) electrons. The summed E-state index contributed by atoms with van der Waals surface area (Å²) in [5, 5.41) is 5.00. The second kappa shape index (κ2) is 6.16. The van der Waals surface area contributed by atoms with Gasteiger partial charge in [0.2, 0.25) is 0 Å². The maximum absolute atomic E-state index is 4.70. The first-order chi connectivity index (χ1) is 8.60. The Morgan fingerprint density at radius 3 is 2.67 bits per heavy atom. The van der Waals surface area contributed by atoms with Crippen LogP contribution in [0.1, 0.15) is 48.7 Å². The van der Waals surface area contributed by atoms with Crippen LogP contribution >= 0.6 is 11.3 Å². The Kier molecular flexibility index (Phi) is 4.79. The van der Waals surface area contributed by atoms with Crippen molar-refractivity contribution in [1.29, 1.82) is 0 Å². The highest BCUT2D eigenvalue weighted by Crippen LogP contribution is 2.34. The van der Waals surface area contributed by atoms with E-state index in [0.717, 1.165) is 24.8 Å². The second-order valence-electron chi connectivity index (χ2n) is 5.80. The van der Waals surface area contributed by atoms with Crippen molar-refractivity contribution in [2.75, 3.05) is 6.54 Å². The number of thiazole rings is 1. The maximum atomic E-state index is 4.70. The predicted molar refractivity (Wildman–Crippen MR) is 79.3 cm³/mol. The highest BCUT2D eigenvalue weighted by Gasteiger charge is 2.29. The minimum atomic E-state index is 0.630. The van der Waals surface area contributed by atoms with Crippen molar-refractivity contribution >= 4 is 11.3 Å². The Labute approximate surface area is 115 Å². The molecule has 3 heteroatoms. The molecule has 0 aromatic carbocycles. The van der Waals surface area contributed by atoms with Crippen molar-refractivity contribution < 1.29 is 0 Å². The summed E-state index contributed by atoms with van der Waals surface area (Å²) in [4.78, 5) is 6.08. The molecule has 1 fully saturated rings. The zero-order valence-electron chi connectivity index (χ0n) is 12.1. The molecular weight excluding hydrogens is 240 g/mol. The van der Waals surface area contributed by atoms with E-state index >= 15 is 0 Å². The Morgan fingerprint density at radius 1 is 1.39 bits per heavy atom. The molecule has 0 amide bonds. The fourth-order valence-corrected chi connectivity index (χ4v) is 4.09. The summed E-state index contributed by atoms with van der Waals surface area (Å²) in [7, 11) is 0. The first kappa shape index (κ1) is 14.0. The summed E-state index contributed by atoms with van der Waals surface area (Å²) in [6.45, 7) is 9.97. The smallest absolute Gasteiger partial charge is 0.0946 e. The van der Waals surface area contributed by atoms with Crippen LogP contribution in [0, 0.1) is 25.7 Å². The van der Waals surface area contributed by atoms with Crippen molar-refractivity contribution in [3.63, 3.8) is 0 Å². The number of hydrogen-bond acceptors (Lipinski definition) is 3. The van der Waals surface area contributed by atoms with E-state index in [0.29, 0.717) is 6.04 Å². The summed E-state index contributed by atoms with van der Waals surface area (Å²) in [5.74, 6) is 1.76. The van der Waals surface area contributed by atoms with Crippen LogP contribution < -0.4 is 5.32 Å². The molecule has 18 heavy (non-hydrogen) atoms. The monoisotopic (exact) mass is 266 g/mol. The third kappa shape index (κ3) is 3.33. The van der Waals surface area contributed by atoms with Crippen molar-refractivity contribution in [1.82, 2.24) is 10.3 Å². The van der Waals surface area contributed by atoms with Crippen LogP contribution in [0.3, 0.4) is 0 Å². The molecule has 2 nitrogen and oxygen atoms in total. The van der Waals surface area contributed by atoms with Gasteiger partial charge in [0, 0.05) is 17.3 Å². The van der Waals surface area contributed by atoms with Crippen LogP contribution in [0.15, 0.2) is 0 Å². The van der Waals surface area contributed by atoms with E-state index in [9.17, 15) is 0 Å². The predicted octanol–water partition coefficient (Wildman–Crippen LogP) is 3.72. The number of nitrogens with zero attached hydrogens (tertiary/aromatic N) is 1. The average molecular weight is 266 g/mol. The number of hydrogen-bond donors (Lipinski definition) is 1. The van der Waals surface area contributed by atoms with Gasteiger partial charge in [-0.3, -0.25) is 0 Å². The van der Waals surface area contributed by atoms with E-state index in [2.05, 4.69) is 33.0 Å². The molecule has 102 valence electrons. The van der Waals surface area contributed by atoms with Crippen molar-refractivity contribution in [3.05, 3.63) is 15.6 Å². The van der Waals surface area contributed by atoms with Crippen LogP contribution in [0.4, 0.5) is 0 Å². The van der Waals surface area contributed by atoms with Gasteiger partial charge in [-0.15, -0.1) is 11.3 Å². The average Bonchev–Trinajstić information content (AvgIpc) is 2.86. The molecule has 1 saturated carbocycles. The molecule has 0 saturated heterocycles. The molecule has 3 unspecified atom stereocenters. The standard InChI is InChI=1S/C15H26N2S/c1-5-16-14(13-7-6-10(2)8-13)9-15-17-11(3)12(4)18-15/h10,13-14,16H,5-9H2,1-4H3. The Bertz CT molecular complexity index is 366. The van der Waals surface area contributed by atoms with Crippen LogP contribution in [0.2, 0.25) is 0 Å². The highest BCUT2D eigenvalue weighted by atomic mass is 32.1. The van der Waals surface area contributed by atoms with Crippen molar-refractivity contribution in [2.45, 2.75) is 59.4 Å². The van der Waals surface area contributed by atoms with Crippen molar-refractivity contribution in [3.8, 4) is 0 Å². The highest BCUT2D eigenvalue weighted by molar-refractivity contribution is 7.11. The lowest BCUT2D eigenvalue weighted by atomic mass is 9.94. The lowest BCUT2D eigenvalue weighted by Crippen LogP contribution is -2.37. The normalized spacial score (nSPS) is 25.6. The van der Waals surface area contributed by atoms with E-state index in [1.54, 1.807) is 0 Å². The molecule has 1 aromatic heterocycles. The van der Waals surface area contributed by atoms with Gasteiger partial charge in [-0.2, -0.15) is 0 Å². The lowest BCUT2D eigenvalue weighted by Gasteiger charge is -2.23. The first-order valence-electron chi connectivity index (χ1n) is 7.26. The number of aryl methyl sites for hydroxylation is 2. The Balaban J connectivity index is 2.01. The van der Waals surface area contributed by atoms with Gasteiger partial charge in [-0.05, 0) is 45.1 Å². The number of rotatable bonds is 5. The maximum Gasteiger partial charge on any atom is 0.0946 e. The molecule has 1 heterocycles. The molecule has 1 aliphatic rings. The summed E-state index contributed by atoms with van der Waals surface area (Å²) in [6, 6.07) is 0.630. The van der Waals surface area contributed by atoms with E-state index in [1.807, 2.05) is 11.3 Å². The van der Waals surface area contributed by atoms with Crippen molar-refractivity contribution in [2.24, 2.45) is 11.8 Å². The molecule has 3 atom stereocenters. The van der Waals surface area contributed by atoms with Gasteiger partial charge in [0.05, 0.1) is 10.7 Å². The molecule has 1 aliphatic carbocycles. The SMILES string of the molecule is CCNC(Cc1nc(C)c(C)s1)C1CCC(C)C1. The van der Waals surface area contributed by atoms with Gasteiger partial charge in [0.25, 0.3) is 0 Å². The summed E-state index contributed by atoms with van der Waals surface area (Å²) in [6.07, 6.45) is 5.30. The van der Waals surface area contributed by atoms with E-state index < -0.39 is 0 Å². The quantitative estimate of drug-likeness (QED) is 0.878. The summed E-state index contributed by atoms with van der Waals surface area (Å²) in [5.41, 5.74) is 1.21. The fourth-order valence-electron chi connectivity index (χ4n) is 3.10. The molecule has 0 spiro atoms. The van der Waals surface area contributed by atoms with E-state index in [4.69, 9.17) is 4.98 Å². The van der Waals surface area contributed by atoms with Crippen LogP contribution in [0.5, 0.6) is 0 Å². The minimum Gasteiger partial charge on any atom is -0.314 e.